The predicted octanol–water partition coefficient (Wildman–Crippen LogP) is 2.74. The van der Waals surface area contributed by atoms with Crippen LogP contribution in [0, 0.1) is 0 Å². The van der Waals surface area contributed by atoms with Gasteiger partial charge in [-0.05, 0) is 26.0 Å². The Hall–Kier alpha value is -2.30. The number of nitrogens with zero attached hydrogens (tertiary/aromatic N) is 2. The smallest absolute Gasteiger partial charge is 0.318 e. The molecule has 0 bridgehead atoms. The third-order valence-corrected chi connectivity index (χ3v) is 2.63. The topological polar surface area (TPSA) is 56.7 Å². The van der Waals surface area contributed by atoms with Gasteiger partial charge in [0.25, 0.3) is 0 Å². The van der Waals surface area contributed by atoms with Gasteiger partial charge in [-0.25, -0.2) is 4.79 Å². The lowest BCUT2D eigenvalue weighted by atomic mass is 10.1. The first-order valence-electron chi connectivity index (χ1n) is 5.96. The molecule has 5 nitrogen and oxygen atoms in total. The van der Waals surface area contributed by atoms with Gasteiger partial charge in [-0.2, -0.15) is 5.10 Å². The van der Waals surface area contributed by atoms with Crippen molar-refractivity contribution in [2.75, 3.05) is 19.4 Å². The maximum Gasteiger partial charge on any atom is 0.318 e. The van der Waals surface area contributed by atoms with Crippen LogP contribution in [-0.4, -0.2) is 31.9 Å². The largest absolute Gasteiger partial charge is 0.341 e. The molecule has 0 unspecified atom stereocenters. The highest BCUT2D eigenvalue weighted by Crippen LogP contribution is 2.24. The second kappa shape index (κ2) is 6.58. The minimum absolute atomic E-state index is 0.244. The summed E-state index contributed by atoms with van der Waals surface area (Å²) < 4.78 is 0. The van der Waals surface area contributed by atoms with E-state index in [4.69, 9.17) is 0 Å². The molecule has 2 N–H and O–H groups in total. The molecule has 0 aliphatic heterocycles. The number of hydrogen-bond acceptors (Lipinski definition) is 3. The fraction of sp³-hybridized carbons (Fsp3) is 0.286. The SMILES string of the molecule is C=NN(C)C(=C(C)C)c1cccc(NC(=O)NC)c1. The molecule has 1 aromatic carbocycles. The van der Waals surface area contributed by atoms with E-state index < -0.39 is 0 Å². The van der Waals surface area contributed by atoms with Crippen molar-refractivity contribution >= 4 is 24.1 Å². The van der Waals surface area contributed by atoms with Crippen molar-refractivity contribution < 1.29 is 4.79 Å². The third-order valence-electron chi connectivity index (χ3n) is 2.63. The van der Waals surface area contributed by atoms with Crippen LogP contribution >= 0.6 is 0 Å². The molecule has 0 heterocycles. The van der Waals surface area contributed by atoms with Gasteiger partial charge in [0, 0.05) is 32.1 Å². The summed E-state index contributed by atoms with van der Waals surface area (Å²) >= 11 is 0. The van der Waals surface area contributed by atoms with E-state index in [0.717, 1.165) is 22.5 Å². The van der Waals surface area contributed by atoms with Crippen LogP contribution in [-0.2, 0) is 0 Å². The monoisotopic (exact) mass is 260 g/mol. The van der Waals surface area contributed by atoms with Crippen molar-refractivity contribution in [3.05, 3.63) is 35.4 Å². The first-order valence-corrected chi connectivity index (χ1v) is 5.96. The van der Waals surface area contributed by atoms with Gasteiger partial charge in [-0.3, -0.25) is 5.01 Å². The molecule has 1 rings (SSSR count). The lowest BCUT2D eigenvalue weighted by Crippen LogP contribution is -2.24. The highest BCUT2D eigenvalue weighted by molar-refractivity contribution is 5.89. The lowest BCUT2D eigenvalue weighted by Gasteiger charge is -2.19. The fourth-order valence-electron chi connectivity index (χ4n) is 1.81. The van der Waals surface area contributed by atoms with Crippen LogP contribution in [0.1, 0.15) is 19.4 Å². The maximum absolute atomic E-state index is 11.3. The van der Waals surface area contributed by atoms with Crippen LogP contribution in [0.15, 0.2) is 34.9 Å². The molecule has 0 aromatic heterocycles. The molecule has 0 fully saturated rings. The molecule has 0 saturated carbocycles. The zero-order chi connectivity index (χ0) is 14.4. The normalized spacial score (nSPS) is 9.47. The molecule has 19 heavy (non-hydrogen) atoms. The molecule has 0 spiro atoms. The summed E-state index contributed by atoms with van der Waals surface area (Å²) in [4.78, 5) is 11.3. The Morgan fingerprint density at radius 1 is 1.37 bits per heavy atom. The average molecular weight is 260 g/mol. The number of carbonyl (C=O) groups excluding carboxylic acids is 1. The van der Waals surface area contributed by atoms with Gasteiger partial charge in [-0.15, -0.1) is 0 Å². The molecule has 0 atom stereocenters. The van der Waals surface area contributed by atoms with Gasteiger partial charge in [0.15, 0.2) is 0 Å². The third kappa shape index (κ3) is 3.84. The molecule has 1 aromatic rings. The maximum atomic E-state index is 11.3. The van der Waals surface area contributed by atoms with E-state index in [-0.39, 0.29) is 6.03 Å². The van der Waals surface area contributed by atoms with Crippen molar-refractivity contribution in [1.82, 2.24) is 10.3 Å². The summed E-state index contributed by atoms with van der Waals surface area (Å²) in [6.45, 7) is 7.56. The van der Waals surface area contributed by atoms with E-state index in [1.54, 1.807) is 12.1 Å². The first kappa shape index (κ1) is 14.8. The van der Waals surface area contributed by atoms with Crippen molar-refractivity contribution in [3.63, 3.8) is 0 Å². The second-order valence-electron chi connectivity index (χ2n) is 4.30. The van der Waals surface area contributed by atoms with Gasteiger partial charge < -0.3 is 10.6 Å². The summed E-state index contributed by atoms with van der Waals surface area (Å²) in [5, 5.41) is 10.9. The molecule has 0 saturated heterocycles. The Morgan fingerprint density at radius 2 is 2.05 bits per heavy atom. The lowest BCUT2D eigenvalue weighted by molar-refractivity contribution is 0.254. The predicted molar refractivity (Wildman–Crippen MR) is 80.1 cm³/mol. The summed E-state index contributed by atoms with van der Waals surface area (Å²) in [6.07, 6.45) is 0. The number of urea groups is 1. The Morgan fingerprint density at radius 3 is 2.58 bits per heavy atom. The Kier molecular flexibility index (Phi) is 5.11. The zero-order valence-corrected chi connectivity index (χ0v) is 11.8. The number of rotatable bonds is 4. The van der Waals surface area contributed by atoms with Crippen molar-refractivity contribution in [1.29, 1.82) is 0 Å². The molecule has 5 heteroatoms. The summed E-state index contributed by atoms with van der Waals surface area (Å²) in [6, 6.07) is 7.35. The van der Waals surface area contributed by atoms with Crippen molar-refractivity contribution in [3.8, 4) is 0 Å². The van der Waals surface area contributed by atoms with Crippen LogP contribution in [0.5, 0.6) is 0 Å². The van der Waals surface area contributed by atoms with Gasteiger partial charge in [0.1, 0.15) is 0 Å². The van der Waals surface area contributed by atoms with Crippen LogP contribution in [0.2, 0.25) is 0 Å². The number of anilines is 1. The quantitative estimate of drug-likeness (QED) is 0.646. The highest BCUT2D eigenvalue weighted by atomic mass is 16.2. The van der Waals surface area contributed by atoms with E-state index >= 15 is 0 Å². The van der Waals surface area contributed by atoms with Crippen molar-refractivity contribution in [2.45, 2.75) is 13.8 Å². The molecule has 2 amide bonds. The van der Waals surface area contributed by atoms with Crippen LogP contribution in [0.3, 0.4) is 0 Å². The van der Waals surface area contributed by atoms with E-state index in [0.29, 0.717) is 0 Å². The molecule has 0 aliphatic carbocycles. The van der Waals surface area contributed by atoms with Crippen LogP contribution in [0.25, 0.3) is 5.70 Å². The van der Waals surface area contributed by atoms with Crippen LogP contribution in [0.4, 0.5) is 10.5 Å². The summed E-state index contributed by atoms with van der Waals surface area (Å²) in [7, 11) is 3.42. The summed E-state index contributed by atoms with van der Waals surface area (Å²) in [5.41, 5.74) is 3.79. The minimum atomic E-state index is -0.244. The van der Waals surface area contributed by atoms with Gasteiger partial charge in [0.2, 0.25) is 0 Å². The Balaban J connectivity index is 3.13. The number of benzene rings is 1. The molecular formula is C14H20N4O. The number of allylic oxidation sites excluding steroid dienone is 1. The van der Waals surface area contributed by atoms with Gasteiger partial charge >= 0.3 is 6.03 Å². The molecular weight excluding hydrogens is 240 g/mol. The standard InChI is InChI=1S/C14H20N4O/c1-10(2)13(18(5)16-4)11-7-6-8-12(9-11)17-14(19)15-3/h6-9H,4H2,1-3,5H3,(H2,15,17,19). The molecule has 102 valence electrons. The minimum Gasteiger partial charge on any atom is -0.341 e. The second-order valence-corrected chi connectivity index (χ2v) is 4.30. The number of carbonyl (C=O) groups is 1. The average Bonchev–Trinajstić information content (AvgIpc) is 2.38. The Bertz CT molecular complexity index is 504. The number of amides is 2. The van der Waals surface area contributed by atoms with E-state index in [9.17, 15) is 4.79 Å². The molecule has 0 radical (unpaired) electrons. The van der Waals surface area contributed by atoms with E-state index in [1.165, 1.54) is 0 Å². The molecule has 0 aliphatic rings. The fourth-order valence-corrected chi connectivity index (χ4v) is 1.81. The Labute approximate surface area is 114 Å². The number of nitrogens with one attached hydrogen (secondary N) is 2. The summed E-state index contributed by atoms with van der Waals surface area (Å²) in [5.74, 6) is 0. The van der Waals surface area contributed by atoms with E-state index in [2.05, 4.69) is 22.5 Å². The number of hydrazone groups is 1. The van der Waals surface area contributed by atoms with E-state index in [1.807, 2.05) is 45.2 Å². The number of hydrogen-bond donors (Lipinski definition) is 2. The zero-order valence-electron chi connectivity index (χ0n) is 11.8. The van der Waals surface area contributed by atoms with Gasteiger partial charge in [0.05, 0.1) is 5.70 Å². The highest BCUT2D eigenvalue weighted by Gasteiger charge is 2.09. The van der Waals surface area contributed by atoms with Crippen LogP contribution < -0.4 is 10.6 Å². The van der Waals surface area contributed by atoms with Gasteiger partial charge in [-0.1, -0.05) is 17.7 Å². The first-order chi connectivity index (χ1) is 8.99. The van der Waals surface area contributed by atoms with Crippen molar-refractivity contribution in [2.24, 2.45) is 5.10 Å².